The number of amides is 2. The summed E-state index contributed by atoms with van der Waals surface area (Å²) in [6.07, 6.45) is 3.70. The quantitative estimate of drug-likeness (QED) is 0.718. The molecule has 17 heavy (non-hydrogen) atoms. The van der Waals surface area contributed by atoms with Crippen LogP contribution >= 0.6 is 0 Å². The fourth-order valence-electron chi connectivity index (χ4n) is 2.47. The minimum absolute atomic E-state index is 0.0421. The predicted octanol–water partition coefficient (Wildman–Crippen LogP) is 0.113. The summed E-state index contributed by atoms with van der Waals surface area (Å²) < 4.78 is 0. The zero-order valence-corrected chi connectivity index (χ0v) is 11.0. The van der Waals surface area contributed by atoms with Crippen LogP contribution in [-0.4, -0.2) is 49.4 Å². The summed E-state index contributed by atoms with van der Waals surface area (Å²) in [5, 5.41) is 5.85. The van der Waals surface area contributed by atoms with Crippen molar-refractivity contribution in [2.24, 2.45) is 0 Å². The second-order valence-electron chi connectivity index (χ2n) is 4.70. The normalized spacial score (nSPS) is 23.5. The highest BCUT2D eigenvalue weighted by atomic mass is 16.2. The Hall–Kier alpha value is -1.10. The van der Waals surface area contributed by atoms with Crippen LogP contribution in [0, 0.1) is 0 Å². The van der Waals surface area contributed by atoms with Gasteiger partial charge in [-0.25, -0.2) is 0 Å². The van der Waals surface area contributed by atoms with Gasteiger partial charge in [-0.3, -0.25) is 9.59 Å². The standard InChI is InChI=1S/C12H23N3O2/c1-4-6-12(7-5-8-14-12)11(17)15(3)9-10(16)13-2/h14H,4-9H2,1-3H3,(H,13,16). The van der Waals surface area contributed by atoms with E-state index in [1.54, 1.807) is 14.1 Å². The molecule has 1 aliphatic rings. The Bertz CT molecular complexity index is 285. The molecule has 5 nitrogen and oxygen atoms in total. The van der Waals surface area contributed by atoms with E-state index in [1.807, 2.05) is 0 Å². The van der Waals surface area contributed by atoms with Crippen molar-refractivity contribution >= 4 is 11.8 Å². The predicted molar refractivity (Wildman–Crippen MR) is 66.6 cm³/mol. The second-order valence-corrected chi connectivity index (χ2v) is 4.70. The Morgan fingerprint density at radius 3 is 2.65 bits per heavy atom. The van der Waals surface area contributed by atoms with Crippen molar-refractivity contribution in [2.45, 2.75) is 38.1 Å². The molecule has 0 saturated carbocycles. The summed E-state index contributed by atoms with van der Waals surface area (Å²) >= 11 is 0. The van der Waals surface area contributed by atoms with Crippen LogP contribution in [0.3, 0.4) is 0 Å². The highest BCUT2D eigenvalue weighted by Crippen LogP contribution is 2.26. The molecule has 1 unspecified atom stereocenters. The van der Waals surface area contributed by atoms with Crippen molar-refractivity contribution in [3.8, 4) is 0 Å². The topological polar surface area (TPSA) is 61.4 Å². The van der Waals surface area contributed by atoms with E-state index < -0.39 is 5.54 Å². The molecule has 98 valence electrons. The first-order valence-electron chi connectivity index (χ1n) is 6.27. The summed E-state index contributed by atoms with van der Waals surface area (Å²) in [6.45, 7) is 3.09. The van der Waals surface area contributed by atoms with E-state index in [2.05, 4.69) is 17.6 Å². The molecule has 0 spiro atoms. The maximum Gasteiger partial charge on any atom is 0.243 e. The molecule has 2 amide bonds. The van der Waals surface area contributed by atoms with Crippen molar-refractivity contribution < 1.29 is 9.59 Å². The molecule has 1 heterocycles. The zero-order valence-electron chi connectivity index (χ0n) is 11.0. The van der Waals surface area contributed by atoms with E-state index in [-0.39, 0.29) is 18.4 Å². The minimum atomic E-state index is -0.433. The third kappa shape index (κ3) is 3.19. The van der Waals surface area contributed by atoms with E-state index in [9.17, 15) is 9.59 Å². The lowest BCUT2D eigenvalue weighted by molar-refractivity contribution is -0.140. The molecule has 1 saturated heterocycles. The van der Waals surface area contributed by atoms with Gasteiger partial charge in [0.1, 0.15) is 0 Å². The summed E-state index contributed by atoms with van der Waals surface area (Å²) in [4.78, 5) is 25.2. The molecule has 1 atom stereocenters. The Kier molecular flexibility index (Phi) is 4.93. The van der Waals surface area contributed by atoms with Crippen LogP contribution in [0.25, 0.3) is 0 Å². The largest absolute Gasteiger partial charge is 0.358 e. The molecular weight excluding hydrogens is 218 g/mol. The Labute approximate surface area is 103 Å². The minimum Gasteiger partial charge on any atom is -0.358 e. The molecule has 2 N–H and O–H groups in total. The molecular formula is C12H23N3O2. The number of nitrogens with one attached hydrogen (secondary N) is 2. The van der Waals surface area contributed by atoms with Crippen LogP contribution in [0.2, 0.25) is 0 Å². The van der Waals surface area contributed by atoms with Gasteiger partial charge in [0.25, 0.3) is 0 Å². The average molecular weight is 241 g/mol. The molecule has 0 aromatic rings. The van der Waals surface area contributed by atoms with Crippen LogP contribution < -0.4 is 10.6 Å². The first-order valence-corrected chi connectivity index (χ1v) is 6.27. The lowest BCUT2D eigenvalue weighted by atomic mass is 9.90. The monoisotopic (exact) mass is 241 g/mol. The van der Waals surface area contributed by atoms with Crippen LogP contribution in [0.1, 0.15) is 32.6 Å². The van der Waals surface area contributed by atoms with E-state index in [0.717, 1.165) is 32.2 Å². The molecule has 1 rings (SSSR count). The van der Waals surface area contributed by atoms with E-state index in [0.29, 0.717) is 0 Å². The third-order valence-corrected chi connectivity index (χ3v) is 3.34. The van der Waals surface area contributed by atoms with Gasteiger partial charge in [-0.1, -0.05) is 13.3 Å². The highest BCUT2D eigenvalue weighted by molar-refractivity contribution is 5.90. The fraction of sp³-hybridized carbons (Fsp3) is 0.833. The summed E-state index contributed by atoms with van der Waals surface area (Å²) in [6, 6.07) is 0. The molecule has 0 bridgehead atoms. The van der Waals surface area contributed by atoms with Crippen LogP contribution in [-0.2, 0) is 9.59 Å². The van der Waals surface area contributed by atoms with Crippen LogP contribution in [0.4, 0.5) is 0 Å². The number of rotatable bonds is 5. The first-order chi connectivity index (χ1) is 8.05. The van der Waals surface area contributed by atoms with E-state index >= 15 is 0 Å². The lowest BCUT2D eigenvalue weighted by Gasteiger charge is -2.32. The van der Waals surface area contributed by atoms with Crippen molar-refractivity contribution in [3.63, 3.8) is 0 Å². The van der Waals surface area contributed by atoms with Crippen molar-refractivity contribution in [1.29, 1.82) is 0 Å². The number of hydrogen-bond acceptors (Lipinski definition) is 3. The van der Waals surface area contributed by atoms with Gasteiger partial charge in [-0.2, -0.15) is 0 Å². The molecule has 1 aliphatic heterocycles. The Morgan fingerprint density at radius 2 is 2.18 bits per heavy atom. The maximum atomic E-state index is 12.4. The first kappa shape index (κ1) is 14.0. The average Bonchev–Trinajstić information content (AvgIpc) is 2.78. The van der Waals surface area contributed by atoms with E-state index in [1.165, 1.54) is 4.90 Å². The number of likely N-dealkylation sites (N-methyl/N-ethyl adjacent to an activating group) is 2. The Morgan fingerprint density at radius 1 is 1.47 bits per heavy atom. The maximum absolute atomic E-state index is 12.4. The number of carbonyl (C=O) groups is 2. The lowest BCUT2D eigenvalue weighted by Crippen LogP contribution is -2.55. The molecule has 0 radical (unpaired) electrons. The zero-order chi connectivity index (χ0) is 12.9. The van der Waals surface area contributed by atoms with Crippen molar-refractivity contribution in [2.75, 3.05) is 27.2 Å². The highest BCUT2D eigenvalue weighted by Gasteiger charge is 2.41. The molecule has 0 aromatic heterocycles. The van der Waals surface area contributed by atoms with Gasteiger partial charge < -0.3 is 15.5 Å². The molecule has 0 aromatic carbocycles. The molecule has 0 aliphatic carbocycles. The van der Waals surface area contributed by atoms with Crippen molar-refractivity contribution in [1.82, 2.24) is 15.5 Å². The molecule has 5 heteroatoms. The van der Waals surface area contributed by atoms with Crippen molar-refractivity contribution in [3.05, 3.63) is 0 Å². The number of nitrogens with zero attached hydrogens (tertiary/aromatic N) is 1. The van der Waals surface area contributed by atoms with Gasteiger partial charge in [0.15, 0.2) is 0 Å². The van der Waals surface area contributed by atoms with E-state index in [4.69, 9.17) is 0 Å². The summed E-state index contributed by atoms with van der Waals surface area (Å²) in [5.41, 5.74) is -0.433. The third-order valence-electron chi connectivity index (χ3n) is 3.34. The van der Waals surface area contributed by atoms with Crippen LogP contribution in [0.15, 0.2) is 0 Å². The van der Waals surface area contributed by atoms with Gasteiger partial charge in [0.2, 0.25) is 11.8 Å². The van der Waals surface area contributed by atoms with Crippen LogP contribution in [0.5, 0.6) is 0 Å². The van der Waals surface area contributed by atoms with Gasteiger partial charge in [-0.15, -0.1) is 0 Å². The summed E-state index contributed by atoms with van der Waals surface area (Å²) in [5.74, 6) is -0.0917. The Balaban J connectivity index is 2.67. The smallest absolute Gasteiger partial charge is 0.243 e. The SMILES string of the molecule is CCCC1(C(=O)N(C)CC(=O)NC)CCCN1. The van der Waals surface area contributed by atoms with Gasteiger partial charge in [0, 0.05) is 14.1 Å². The number of carbonyl (C=O) groups excluding carboxylic acids is 2. The van der Waals surface area contributed by atoms with Gasteiger partial charge in [0.05, 0.1) is 12.1 Å². The van der Waals surface area contributed by atoms with Gasteiger partial charge in [-0.05, 0) is 25.8 Å². The fourth-order valence-corrected chi connectivity index (χ4v) is 2.47. The number of hydrogen-bond donors (Lipinski definition) is 2. The van der Waals surface area contributed by atoms with Gasteiger partial charge >= 0.3 is 0 Å². The summed E-state index contributed by atoms with van der Waals surface area (Å²) in [7, 11) is 3.27. The molecule has 1 fully saturated rings. The second kappa shape index (κ2) is 6.00.